The van der Waals surface area contributed by atoms with Gasteiger partial charge in [-0.05, 0) is 18.9 Å². The van der Waals surface area contributed by atoms with Crippen molar-refractivity contribution in [1.82, 2.24) is 15.2 Å². The van der Waals surface area contributed by atoms with Gasteiger partial charge in [0.05, 0.1) is 5.70 Å². The molecule has 3 aliphatic rings. The normalized spacial score (nSPS) is 25.5. The smallest absolute Gasteiger partial charge is 0.268 e. The Morgan fingerprint density at radius 1 is 1.21 bits per heavy atom. The molecule has 4 nitrogen and oxygen atoms in total. The van der Waals surface area contributed by atoms with Gasteiger partial charge in [-0.1, -0.05) is 17.7 Å². The van der Waals surface area contributed by atoms with Gasteiger partial charge in [0.2, 0.25) is 6.21 Å². The second-order valence-electron chi connectivity index (χ2n) is 6.06. The van der Waals surface area contributed by atoms with E-state index in [1.807, 2.05) is 6.08 Å². The molecule has 0 amide bonds. The molecule has 0 aromatic rings. The predicted octanol–water partition coefficient (Wildman–Crippen LogP) is 1.52. The second-order valence-corrected chi connectivity index (χ2v) is 6.06. The maximum atomic E-state index is 3.96. The minimum atomic E-state index is 0.342. The van der Waals surface area contributed by atoms with E-state index >= 15 is 0 Å². The SMILES string of the molecule is C=CC1=C(N[N+]2=CC23CCCCC3)N(C)CCN1C. The third-order valence-electron chi connectivity index (χ3n) is 4.73. The third-order valence-corrected chi connectivity index (χ3v) is 4.73. The third kappa shape index (κ3) is 2.13. The van der Waals surface area contributed by atoms with Crippen molar-refractivity contribution in [3.63, 3.8) is 0 Å². The summed E-state index contributed by atoms with van der Waals surface area (Å²) in [5.74, 6) is 1.18. The van der Waals surface area contributed by atoms with Crippen molar-refractivity contribution in [2.75, 3.05) is 27.2 Å². The maximum absolute atomic E-state index is 3.96. The minimum absolute atomic E-state index is 0.342. The molecule has 0 unspecified atom stereocenters. The lowest BCUT2D eigenvalue weighted by Crippen LogP contribution is -2.45. The van der Waals surface area contributed by atoms with Gasteiger partial charge in [-0.2, -0.15) is 0 Å². The van der Waals surface area contributed by atoms with Crippen molar-refractivity contribution in [1.29, 1.82) is 0 Å². The van der Waals surface area contributed by atoms with Crippen molar-refractivity contribution in [2.24, 2.45) is 0 Å². The van der Waals surface area contributed by atoms with E-state index < -0.39 is 0 Å². The van der Waals surface area contributed by atoms with Crippen LogP contribution in [0.1, 0.15) is 32.1 Å². The Hall–Kier alpha value is -1.45. The first kappa shape index (κ1) is 12.6. The first-order valence-electron chi connectivity index (χ1n) is 7.37. The van der Waals surface area contributed by atoms with Crippen LogP contribution >= 0.6 is 0 Å². The van der Waals surface area contributed by atoms with E-state index in [1.165, 1.54) is 43.6 Å². The average Bonchev–Trinajstić information content (AvgIpc) is 3.07. The molecule has 4 heteroatoms. The van der Waals surface area contributed by atoms with Gasteiger partial charge in [0, 0.05) is 40.0 Å². The molecule has 19 heavy (non-hydrogen) atoms. The molecule has 0 atom stereocenters. The van der Waals surface area contributed by atoms with E-state index in [4.69, 9.17) is 0 Å². The van der Waals surface area contributed by atoms with Gasteiger partial charge >= 0.3 is 0 Å². The average molecular weight is 261 g/mol. The Morgan fingerprint density at radius 3 is 2.58 bits per heavy atom. The van der Waals surface area contributed by atoms with Crippen LogP contribution in [0.15, 0.2) is 24.2 Å². The van der Waals surface area contributed by atoms with Crippen molar-refractivity contribution in [2.45, 2.75) is 37.6 Å². The quantitative estimate of drug-likeness (QED) is 0.779. The molecule has 1 fully saturated rings. The lowest BCUT2D eigenvalue weighted by Gasteiger charge is -2.34. The van der Waals surface area contributed by atoms with E-state index in [1.54, 1.807) is 0 Å². The van der Waals surface area contributed by atoms with Crippen molar-refractivity contribution < 1.29 is 4.68 Å². The molecule has 0 radical (unpaired) electrons. The van der Waals surface area contributed by atoms with Crippen LogP contribution in [0.5, 0.6) is 0 Å². The zero-order valence-electron chi connectivity index (χ0n) is 12.2. The van der Waals surface area contributed by atoms with Crippen LogP contribution in [0.3, 0.4) is 0 Å². The molecular formula is C15H25N4+. The predicted molar refractivity (Wildman–Crippen MR) is 77.8 cm³/mol. The van der Waals surface area contributed by atoms with Gasteiger partial charge in [0.25, 0.3) is 5.54 Å². The molecule has 1 spiro atoms. The van der Waals surface area contributed by atoms with Crippen LogP contribution in [-0.2, 0) is 0 Å². The Morgan fingerprint density at radius 2 is 1.89 bits per heavy atom. The summed E-state index contributed by atoms with van der Waals surface area (Å²) in [7, 11) is 4.28. The molecule has 1 saturated carbocycles. The number of hydrogen-bond donors (Lipinski definition) is 1. The fourth-order valence-corrected chi connectivity index (χ4v) is 3.31. The van der Waals surface area contributed by atoms with E-state index in [0.29, 0.717) is 5.54 Å². The first-order valence-corrected chi connectivity index (χ1v) is 7.37. The number of nitrogens with one attached hydrogen (secondary N) is 1. The first-order chi connectivity index (χ1) is 9.16. The highest BCUT2D eigenvalue weighted by atomic mass is 15.6. The van der Waals surface area contributed by atoms with Crippen LogP contribution < -0.4 is 5.43 Å². The summed E-state index contributed by atoms with van der Waals surface area (Å²) in [5.41, 5.74) is 5.14. The molecule has 0 aromatic carbocycles. The van der Waals surface area contributed by atoms with Gasteiger partial charge in [0.15, 0.2) is 5.82 Å². The van der Waals surface area contributed by atoms with Crippen LogP contribution in [0, 0.1) is 0 Å². The van der Waals surface area contributed by atoms with E-state index in [-0.39, 0.29) is 0 Å². The largest absolute Gasteiger partial charge is 0.370 e. The van der Waals surface area contributed by atoms with Crippen molar-refractivity contribution >= 4 is 6.21 Å². The summed E-state index contributed by atoms with van der Waals surface area (Å²) in [5, 5.41) is 0. The Labute approximate surface area is 116 Å². The summed E-state index contributed by atoms with van der Waals surface area (Å²) in [6.07, 6.45) is 11.0. The minimum Gasteiger partial charge on any atom is -0.370 e. The maximum Gasteiger partial charge on any atom is 0.268 e. The Kier molecular flexibility index (Phi) is 3.03. The molecule has 104 valence electrons. The number of allylic oxidation sites excluding steroid dienone is 1. The second kappa shape index (κ2) is 4.58. The number of nitrogens with zero attached hydrogens (tertiary/aromatic N) is 3. The molecule has 1 N–H and O–H groups in total. The Bertz CT molecular complexity index is 443. The lowest BCUT2D eigenvalue weighted by atomic mass is 9.88. The molecular weight excluding hydrogens is 236 g/mol. The van der Waals surface area contributed by atoms with Crippen molar-refractivity contribution in [3.8, 4) is 0 Å². The van der Waals surface area contributed by atoms with Crippen LogP contribution in [0.25, 0.3) is 0 Å². The van der Waals surface area contributed by atoms with Gasteiger partial charge in [-0.15, -0.1) is 5.43 Å². The van der Waals surface area contributed by atoms with Crippen LogP contribution in [0.2, 0.25) is 0 Å². The molecule has 0 saturated heterocycles. The monoisotopic (exact) mass is 261 g/mol. The summed E-state index contributed by atoms with van der Waals surface area (Å²) in [4.78, 5) is 4.56. The fourth-order valence-electron chi connectivity index (χ4n) is 3.31. The number of likely N-dealkylation sites (N-methyl/N-ethyl adjacent to an activating group) is 2. The standard InChI is InChI=1S/C15H25N4/c1-4-13-14(18(3)11-10-17(13)2)16-19-12-15(19)8-6-5-7-9-15/h4,12,16H,1,5-11H2,2-3H3/q+1. The number of hydrogen-bond acceptors (Lipinski definition) is 3. The summed E-state index contributed by atoms with van der Waals surface area (Å²) in [6, 6.07) is 0. The molecule has 1 aliphatic carbocycles. The lowest BCUT2D eigenvalue weighted by molar-refractivity contribution is -0.562. The number of hydrazine groups is 1. The number of hydrazone groups is 1. The van der Waals surface area contributed by atoms with E-state index in [9.17, 15) is 0 Å². The highest BCUT2D eigenvalue weighted by molar-refractivity contribution is 5.73. The van der Waals surface area contributed by atoms with Gasteiger partial charge in [0.1, 0.15) is 0 Å². The summed E-state index contributed by atoms with van der Waals surface area (Å²) >= 11 is 0. The highest BCUT2D eigenvalue weighted by Crippen LogP contribution is 2.36. The molecule has 3 rings (SSSR count). The Balaban J connectivity index is 1.75. The molecule has 0 bridgehead atoms. The van der Waals surface area contributed by atoms with E-state index in [2.05, 4.69) is 46.8 Å². The van der Waals surface area contributed by atoms with Crippen LogP contribution in [0.4, 0.5) is 0 Å². The van der Waals surface area contributed by atoms with E-state index in [0.717, 1.165) is 13.1 Å². The zero-order chi connectivity index (χ0) is 13.5. The van der Waals surface area contributed by atoms with Gasteiger partial charge < -0.3 is 9.80 Å². The zero-order valence-corrected chi connectivity index (χ0v) is 12.2. The topological polar surface area (TPSA) is 21.5 Å². The van der Waals surface area contributed by atoms with Crippen LogP contribution in [-0.4, -0.2) is 53.4 Å². The van der Waals surface area contributed by atoms with Crippen molar-refractivity contribution in [3.05, 3.63) is 24.2 Å². The fraction of sp³-hybridized carbons (Fsp3) is 0.667. The molecule has 2 aliphatic heterocycles. The van der Waals surface area contributed by atoms with Gasteiger partial charge in [-0.3, -0.25) is 0 Å². The summed E-state index contributed by atoms with van der Waals surface area (Å²) in [6.45, 7) is 6.06. The number of rotatable bonds is 3. The molecule has 2 heterocycles. The molecule has 0 aromatic heterocycles. The highest BCUT2D eigenvalue weighted by Gasteiger charge is 2.57. The summed E-state index contributed by atoms with van der Waals surface area (Å²) < 4.78 is 2.32. The van der Waals surface area contributed by atoms with Gasteiger partial charge in [-0.25, -0.2) is 0 Å².